The zero-order chi connectivity index (χ0) is 27.0. The fourth-order valence-electron chi connectivity index (χ4n) is 3.52. The highest BCUT2D eigenvalue weighted by Gasteiger charge is 2.29. The lowest BCUT2D eigenvalue weighted by atomic mass is 10.0. The first kappa shape index (κ1) is 27.8. The Labute approximate surface area is 210 Å². The number of carbonyl (C=O) groups is 2. The molecule has 1 aromatic heterocycles. The molecular formula is C26H25F4N3O4. The van der Waals surface area contributed by atoms with Crippen molar-refractivity contribution in [2.24, 2.45) is 0 Å². The zero-order valence-corrected chi connectivity index (χ0v) is 19.8. The highest BCUT2D eigenvalue weighted by molar-refractivity contribution is 6.06. The maximum absolute atomic E-state index is 13.6. The number of benzene rings is 2. The Morgan fingerprint density at radius 3 is 2.49 bits per heavy atom. The lowest BCUT2D eigenvalue weighted by Gasteiger charge is -2.18. The molecule has 2 amide bonds. The van der Waals surface area contributed by atoms with Crippen molar-refractivity contribution < 1.29 is 37.0 Å². The molecule has 11 heteroatoms. The number of hydrogen-bond donors (Lipinski definition) is 3. The van der Waals surface area contributed by atoms with E-state index in [1.807, 2.05) is 6.92 Å². The third-order valence-corrected chi connectivity index (χ3v) is 5.45. The van der Waals surface area contributed by atoms with Gasteiger partial charge in [-0.05, 0) is 54.3 Å². The van der Waals surface area contributed by atoms with Gasteiger partial charge in [0.15, 0.2) is 0 Å². The predicted octanol–water partition coefficient (Wildman–Crippen LogP) is 4.72. The Balaban J connectivity index is 1.74. The number of halogens is 4. The summed E-state index contributed by atoms with van der Waals surface area (Å²) in [6, 6.07) is 11.1. The van der Waals surface area contributed by atoms with Crippen LogP contribution >= 0.6 is 0 Å². The SMILES string of the molecule is CCc1ccc(C(=O)NC(CO)CCOC(F)(F)F)cc1NC(=O)c1cncc(-c2cccc(F)c2)c1. The molecule has 1 atom stereocenters. The first-order chi connectivity index (χ1) is 17.6. The topological polar surface area (TPSA) is 101 Å². The normalized spacial score (nSPS) is 12.2. The first-order valence-electron chi connectivity index (χ1n) is 11.4. The summed E-state index contributed by atoms with van der Waals surface area (Å²) in [4.78, 5) is 29.7. The van der Waals surface area contributed by atoms with Gasteiger partial charge in [0.05, 0.1) is 24.8 Å². The number of carbonyl (C=O) groups excluding carboxylic acids is 2. The molecule has 0 aliphatic rings. The van der Waals surface area contributed by atoms with Gasteiger partial charge < -0.3 is 15.7 Å². The molecule has 0 bridgehead atoms. The molecule has 0 radical (unpaired) electrons. The molecule has 0 fully saturated rings. The molecule has 3 aromatic rings. The molecule has 0 saturated heterocycles. The maximum Gasteiger partial charge on any atom is 0.522 e. The van der Waals surface area contributed by atoms with Crippen molar-refractivity contribution in [1.29, 1.82) is 0 Å². The van der Waals surface area contributed by atoms with Gasteiger partial charge in [0.1, 0.15) is 5.82 Å². The fraction of sp³-hybridized carbons (Fsp3) is 0.269. The number of alkyl halides is 3. The molecule has 0 aliphatic heterocycles. The smallest absolute Gasteiger partial charge is 0.394 e. The summed E-state index contributed by atoms with van der Waals surface area (Å²) in [6.07, 6.45) is -1.67. The van der Waals surface area contributed by atoms with Crippen LogP contribution in [0.1, 0.15) is 39.6 Å². The van der Waals surface area contributed by atoms with Crippen molar-refractivity contribution in [3.05, 3.63) is 83.4 Å². The van der Waals surface area contributed by atoms with Gasteiger partial charge in [0.25, 0.3) is 11.8 Å². The number of aliphatic hydroxyl groups excluding tert-OH is 1. The molecular weight excluding hydrogens is 494 g/mol. The molecule has 0 spiro atoms. The van der Waals surface area contributed by atoms with Crippen LogP contribution in [0.15, 0.2) is 60.9 Å². The molecule has 0 saturated carbocycles. The second-order valence-corrected chi connectivity index (χ2v) is 8.09. The van der Waals surface area contributed by atoms with Crippen LogP contribution in [0.2, 0.25) is 0 Å². The lowest BCUT2D eigenvalue weighted by molar-refractivity contribution is -0.325. The number of hydrogen-bond acceptors (Lipinski definition) is 5. The average Bonchev–Trinajstić information content (AvgIpc) is 2.87. The summed E-state index contributed by atoms with van der Waals surface area (Å²) in [6.45, 7) is 0.547. The third kappa shape index (κ3) is 8.09. The van der Waals surface area contributed by atoms with Crippen molar-refractivity contribution >= 4 is 17.5 Å². The van der Waals surface area contributed by atoms with Gasteiger partial charge in [0, 0.05) is 29.2 Å². The number of aliphatic hydroxyl groups is 1. The van der Waals surface area contributed by atoms with Crippen LogP contribution in [-0.4, -0.2) is 47.5 Å². The van der Waals surface area contributed by atoms with E-state index in [9.17, 15) is 32.3 Å². The highest BCUT2D eigenvalue weighted by Crippen LogP contribution is 2.23. The van der Waals surface area contributed by atoms with Crippen molar-refractivity contribution in [3.63, 3.8) is 0 Å². The maximum atomic E-state index is 13.6. The van der Waals surface area contributed by atoms with Crippen molar-refractivity contribution in [2.75, 3.05) is 18.5 Å². The Bertz CT molecular complexity index is 1250. The number of aryl methyl sites for hydroxylation is 1. The van der Waals surface area contributed by atoms with E-state index in [1.54, 1.807) is 24.3 Å². The van der Waals surface area contributed by atoms with Gasteiger partial charge in [-0.2, -0.15) is 0 Å². The summed E-state index contributed by atoms with van der Waals surface area (Å²) in [7, 11) is 0. The largest absolute Gasteiger partial charge is 0.522 e. The van der Waals surface area contributed by atoms with Crippen LogP contribution in [0, 0.1) is 5.82 Å². The number of ether oxygens (including phenoxy) is 1. The summed E-state index contributed by atoms with van der Waals surface area (Å²) >= 11 is 0. The van der Waals surface area contributed by atoms with E-state index in [-0.39, 0.29) is 17.5 Å². The first-order valence-corrected chi connectivity index (χ1v) is 11.4. The molecule has 1 heterocycles. The quantitative estimate of drug-likeness (QED) is 0.337. The monoisotopic (exact) mass is 519 g/mol. The minimum absolute atomic E-state index is 0.134. The van der Waals surface area contributed by atoms with Crippen LogP contribution < -0.4 is 10.6 Å². The van der Waals surface area contributed by atoms with Crippen molar-refractivity contribution in [1.82, 2.24) is 10.3 Å². The van der Waals surface area contributed by atoms with Crippen LogP contribution in [-0.2, 0) is 11.2 Å². The number of amides is 2. The van der Waals surface area contributed by atoms with Crippen LogP contribution in [0.25, 0.3) is 11.1 Å². The summed E-state index contributed by atoms with van der Waals surface area (Å²) in [5.41, 5.74) is 2.53. The Kier molecular flexibility index (Phi) is 9.31. The van der Waals surface area contributed by atoms with E-state index in [0.29, 0.717) is 23.2 Å². The van der Waals surface area contributed by atoms with Gasteiger partial charge in [-0.1, -0.05) is 25.1 Å². The Morgan fingerprint density at radius 1 is 1.03 bits per heavy atom. The second-order valence-electron chi connectivity index (χ2n) is 8.09. The molecule has 37 heavy (non-hydrogen) atoms. The summed E-state index contributed by atoms with van der Waals surface area (Å²) < 4.78 is 53.8. The predicted molar refractivity (Wildman–Crippen MR) is 128 cm³/mol. The van der Waals surface area contributed by atoms with Crippen LogP contribution in [0.4, 0.5) is 23.2 Å². The molecule has 3 N–H and O–H groups in total. The van der Waals surface area contributed by atoms with E-state index in [4.69, 9.17) is 0 Å². The highest BCUT2D eigenvalue weighted by atomic mass is 19.4. The molecule has 2 aromatic carbocycles. The van der Waals surface area contributed by atoms with Gasteiger partial charge in [-0.15, -0.1) is 13.2 Å². The summed E-state index contributed by atoms with van der Waals surface area (Å²) in [5, 5.41) is 14.6. The van der Waals surface area contributed by atoms with Gasteiger partial charge in [-0.3, -0.25) is 19.3 Å². The zero-order valence-electron chi connectivity index (χ0n) is 19.8. The number of nitrogens with one attached hydrogen (secondary N) is 2. The molecule has 1 unspecified atom stereocenters. The van der Waals surface area contributed by atoms with E-state index < -0.39 is 43.2 Å². The standard InChI is InChI=1S/C26H25F4N3O4/c1-2-16-6-7-18(24(35)32-22(15-34)8-9-37-26(28,29)30)12-23(16)33-25(36)20-10-19(13-31-14-20)17-4-3-5-21(27)11-17/h3-7,10-14,22,34H,2,8-9,15H2,1H3,(H,32,35)(H,33,36). The minimum Gasteiger partial charge on any atom is -0.394 e. The lowest BCUT2D eigenvalue weighted by Crippen LogP contribution is -2.38. The van der Waals surface area contributed by atoms with E-state index in [1.165, 1.54) is 36.7 Å². The van der Waals surface area contributed by atoms with E-state index >= 15 is 0 Å². The molecule has 3 rings (SSSR count). The van der Waals surface area contributed by atoms with Crippen LogP contribution in [0.5, 0.6) is 0 Å². The Hall–Kier alpha value is -3.83. The number of aromatic nitrogens is 1. The molecule has 0 aliphatic carbocycles. The number of pyridine rings is 1. The number of nitrogens with zero attached hydrogens (tertiary/aromatic N) is 1. The number of rotatable bonds is 10. The van der Waals surface area contributed by atoms with Gasteiger partial charge in [-0.25, -0.2) is 4.39 Å². The molecule has 196 valence electrons. The van der Waals surface area contributed by atoms with E-state index in [0.717, 1.165) is 5.56 Å². The average molecular weight is 519 g/mol. The molecule has 7 nitrogen and oxygen atoms in total. The fourth-order valence-corrected chi connectivity index (χ4v) is 3.52. The Morgan fingerprint density at radius 2 is 1.81 bits per heavy atom. The third-order valence-electron chi connectivity index (χ3n) is 5.45. The second kappa shape index (κ2) is 12.4. The van der Waals surface area contributed by atoms with Crippen LogP contribution in [0.3, 0.4) is 0 Å². The van der Waals surface area contributed by atoms with Crippen molar-refractivity contribution in [3.8, 4) is 11.1 Å². The van der Waals surface area contributed by atoms with Gasteiger partial charge >= 0.3 is 6.36 Å². The summed E-state index contributed by atoms with van der Waals surface area (Å²) in [5.74, 6) is -1.57. The minimum atomic E-state index is -4.81. The van der Waals surface area contributed by atoms with Gasteiger partial charge in [0.2, 0.25) is 0 Å². The number of anilines is 1. The van der Waals surface area contributed by atoms with E-state index in [2.05, 4.69) is 20.4 Å². The van der Waals surface area contributed by atoms with Crippen molar-refractivity contribution in [2.45, 2.75) is 32.2 Å².